The van der Waals surface area contributed by atoms with Crippen molar-refractivity contribution in [2.75, 3.05) is 0 Å². The summed E-state index contributed by atoms with van der Waals surface area (Å²) in [7, 11) is 0. The van der Waals surface area contributed by atoms with E-state index in [2.05, 4.69) is 5.10 Å². The number of aromatic carboxylic acids is 1. The molecule has 3 aromatic rings. The summed E-state index contributed by atoms with van der Waals surface area (Å²) in [6.07, 6.45) is 0. The quantitative estimate of drug-likeness (QED) is 0.642. The number of hydrogen-bond acceptors (Lipinski definition) is 5. The zero-order valence-electron chi connectivity index (χ0n) is 15.7. The number of rotatable bonds is 6. The summed E-state index contributed by atoms with van der Waals surface area (Å²) in [5, 5.41) is 15.7. The smallest absolute Gasteiger partial charge is 0.275 e. The number of benzene rings is 2. The second-order valence-corrected chi connectivity index (χ2v) is 6.75. The van der Waals surface area contributed by atoms with Crippen molar-refractivity contribution in [3.8, 4) is 0 Å². The second-order valence-electron chi connectivity index (χ2n) is 6.75. The van der Waals surface area contributed by atoms with Crippen molar-refractivity contribution in [2.24, 2.45) is 0 Å². The lowest BCUT2D eigenvalue weighted by atomic mass is 10.1. The molecule has 28 heavy (non-hydrogen) atoms. The van der Waals surface area contributed by atoms with Crippen LogP contribution in [-0.2, 0) is 17.9 Å². The predicted molar refractivity (Wildman–Crippen MR) is 102 cm³/mol. The number of carboxylic acids is 1. The first-order chi connectivity index (χ1) is 13.4. The van der Waals surface area contributed by atoms with E-state index in [-0.39, 0.29) is 35.0 Å². The molecule has 0 aliphatic heterocycles. The van der Waals surface area contributed by atoms with Crippen LogP contribution in [0.25, 0.3) is 10.8 Å². The van der Waals surface area contributed by atoms with E-state index in [1.807, 2.05) is 44.2 Å². The van der Waals surface area contributed by atoms with Gasteiger partial charge in [0.2, 0.25) is 5.91 Å². The molecule has 144 valence electrons. The van der Waals surface area contributed by atoms with Gasteiger partial charge in [0, 0.05) is 18.0 Å². The second kappa shape index (κ2) is 8.04. The molecule has 0 aliphatic rings. The molecule has 1 aromatic heterocycles. The highest BCUT2D eigenvalue weighted by Gasteiger charge is 2.20. The van der Waals surface area contributed by atoms with E-state index in [1.54, 1.807) is 17.0 Å². The predicted octanol–water partition coefficient (Wildman–Crippen LogP) is 1.20. The summed E-state index contributed by atoms with van der Waals surface area (Å²) >= 11 is 0. The maximum absolute atomic E-state index is 12.9. The van der Waals surface area contributed by atoms with Crippen molar-refractivity contribution < 1.29 is 14.7 Å². The van der Waals surface area contributed by atoms with Gasteiger partial charge in [-0.2, -0.15) is 5.10 Å². The van der Waals surface area contributed by atoms with Gasteiger partial charge in [-0.3, -0.25) is 9.59 Å². The molecule has 0 radical (unpaired) electrons. The van der Waals surface area contributed by atoms with Crippen molar-refractivity contribution in [2.45, 2.75) is 33.0 Å². The van der Waals surface area contributed by atoms with Crippen LogP contribution in [0.15, 0.2) is 59.4 Å². The number of hydrogen-bond donors (Lipinski definition) is 0. The summed E-state index contributed by atoms with van der Waals surface area (Å²) in [6.45, 7) is 3.79. The minimum Gasteiger partial charge on any atom is -0.543 e. The van der Waals surface area contributed by atoms with Gasteiger partial charge < -0.3 is 14.8 Å². The average molecular weight is 378 g/mol. The highest BCUT2D eigenvalue weighted by atomic mass is 16.4. The average Bonchev–Trinajstić information content (AvgIpc) is 2.68. The van der Waals surface area contributed by atoms with Crippen molar-refractivity contribution in [1.29, 1.82) is 0 Å². The van der Waals surface area contributed by atoms with E-state index in [1.165, 1.54) is 12.1 Å². The number of carbonyl (C=O) groups excluding carboxylic acids is 2. The largest absolute Gasteiger partial charge is 0.543 e. The monoisotopic (exact) mass is 378 g/mol. The summed E-state index contributed by atoms with van der Waals surface area (Å²) in [6, 6.07) is 15.6. The molecule has 0 N–H and O–H groups in total. The van der Waals surface area contributed by atoms with Crippen LogP contribution in [0, 0.1) is 0 Å². The molecular weight excluding hydrogens is 358 g/mol. The Hall–Kier alpha value is -3.48. The fourth-order valence-corrected chi connectivity index (χ4v) is 3.05. The molecular formula is C21H20N3O4-. The van der Waals surface area contributed by atoms with Crippen LogP contribution in [-0.4, -0.2) is 32.6 Å². The standard InChI is InChI=1S/C21H21N3O4/c1-14(2)23(12-15-8-4-3-5-9-15)18(25)13-24-20(26)17-11-7-6-10-16(17)19(22-24)21(27)28/h3-11,14H,12-13H2,1-2H3,(H,27,28)/p-1. The molecule has 7 nitrogen and oxygen atoms in total. The lowest BCUT2D eigenvalue weighted by Crippen LogP contribution is -2.41. The summed E-state index contributed by atoms with van der Waals surface area (Å²) in [5.41, 5.74) is 0.0818. The van der Waals surface area contributed by atoms with Gasteiger partial charge in [-0.15, -0.1) is 0 Å². The van der Waals surface area contributed by atoms with Crippen LogP contribution >= 0.6 is 0 Å². The van der Waals surface area contributed by atoms with Gasteiger partial charge in [-0.25, -0.2) is 4.68 Å². The Morgan fingerprint density at radius 1 is 1.04 bits per heavy atom. The third-order valence-electron chi connectivity index (χ3n) is 4.49. The first kappa shape index (κ1) is 19.3. The van der Waals surface area contributed by atoms with Crippen LogP contribution in [0.1, 0.15) is 29.9 Å². The topological polar surface area (TPSA) is 95.3 Å². The molecule has 0 aliphatic carbocycles. The van der Waals surface area contributed by atoms with Crippen molar-refractivity contribution >= 4 is 22.6 Å². The van der Waals surface area contributed by atoms with Gasteiger partial charge in [0.15, 0.2) is 0 Å². The van der Waals surface area contributed by atoms with Gasteiger partial charge in [0.25, 0.3) is 5.56 Å². The lowest BCUT2D eigenvalue weighted by Gasteiger charge is -2.27. The molecule has 0 atom stereocenters. The van der Waals surface area contributed by atoms with E-state index in [4.69, 9.17) is 0 Å². The van der Waals surface area contributed by atoms with Crippen molar-refractivity contribution in [1.82, 2.24) is 14.7 Å². The molecule has 2 aromatic carbocycles. The Morgan fingerprint density at radius 2 is 1.64 bits per heavy atom. The molecule has 3 rings (SSSR count). The van der Waals surface area contributed by atoms with Crippen molar-refractivity contribution in [3.05, 3.63) is 76.2 Å². The fourth-order valence-electron chi connectivity index (χ4n) is 3.05. The molecule has 0 saturated carbocycles. The number of amides is 1. The number of fused-ring (bicyclic) bond motifs is 1. The Morgan fingerprint density at radius 3 is 2.25 bits per heavy atom. The van der Waals surface area contributed by atoms with E-state index in [9.17, 15) is 19.5 Å². The Balaban J connectivity index is 1.96. The van der Waals surface area contributed by atoms with Gasteiger partial charge in [-0.05, 0) is 25.5 Å². The molecule has 0 spiro atoms. The number of aromatic nitrogens is 2. The van der Waals surface area contributed by atoms with Gasteiger partial charge in [-0.1, -0.05) is 48.5 Å². The minimum absolute atomic E-state index is 0.107. The van der Waals surface area contributed by atoms with E-state index >= 15 is 0 Å². The normalized spacial score (nSPS) is 11.0. The number of nitrogens with zero attached hydrogens (tertiary/aromatic N) is 3. The first-order valence-corrected chi connectivity index (χ1v) is 8.93. The third kappa shape index (κ3) is 3.93. The Bertz CT molecular complexity index is 1070. The SMILES string of the molecule is CC(C)N(Cc1ccccc1)C(=O)Cn1nc(C(=O)[O-])c2ccccc2c1=O. The van der Waals surface area contributed by atoms with Gasteiger partial charge in [0.05, 0.1) is 11.4 Å². The highest BCUT2D eigenvalue weighted by Crippen LogP contribution is 2.13. The van der Waals surface area contributed by atoms with E-state index in [0.29, 0.717) is 6.54 Å². The lowest BCUT2D eigenvalue weighted by molar-refractivity contribution is -0.255. The Labute approximate surface area is 161 Å². The molecule has 1 amide bonds. The van der Waals surface area contributed by atoms with Crippen molar-refractivity contribution in [3.63, 3.8) is 0 Å². The number of carboxylic acid groups (broad SMARTS) is 1. The maximum Gasteiger partial charge on any atom is 0.275 e. The van der Waals surface area contributed by atoms with Gasteiger partial charge in [0.1, 0.15) is 12.2 Å². The Kier molecular flexibility index (Phi) is 5.54. The van der Waals surface area contributed by atoms with Gasteiger partial charge >= 0.3 is 0 Å². The van der Waals surface area contributed by atoms with Crippen LogP contribution in [0.4, 0.5) is 0 Å². The molecule has 0 bridgehead atoms. The maximum atomic E-state index is 12.9. The molecule has 0 fully saturated rings. The van der Waals surface area contributed by atoms with Crippen LogP contribution in [0.5, 0.6) is 0 Å². The molecule has 0 saturated heterocycles. The highest BCUT2D eigenvalue weighted by molar-refractivity contribution is 6.00. The molecule has 7 heteroatoms. The molecule has 0 unspecified atom stereocenters. The zero-order chi connectivity index (χ0) is 20.3. The zero-order valence-corrected chi connectivity index (χ0v) is 15.7. The van der Waals surface area contributed by atoms with Crippen LogP contribution in [0.3, 0.4) is 0 Å². The van der Waals surface area contributed by atoms with E-state index < -0.39 is 11.5 Å². The van der Waals surface area contributed by atoms with Crippen LogP contribution < -0.4 is 10.7 Å². The molecule has 1 heterocycles. The number of carbonyl (C=O) groups is 2. The summed E-state index contributed by atoms with van der Waals surface area (Å²) in [4.78, 5) is 38.7. The summed E-state index contributed by atoms with van der Waals surface area (Å²) < 4.78 is 0.899. The van der Waals surface area contributed by atoms with Crippen LogP contribution in [0.2, 0.25) is 0 Å². The minimum atomic E-state index is -1.50. The van der Waals surface area contributed by atoms with E-state index in [0.717, 1.165) is 10.2 Å². The summed E-state index contributed by atoms with van der Waals surface area (Å²) in [5.74, 6) is -1.82. The fraction of sp³-hybridized carbons (Fsp3) is 0.238. The first-order valence-electron chi connectivity index (χ1n) is 8.93. The third-order valence-corrected chi connectivity index (χ3v) is 4.49.